The number of likely N-dealkylation sites (tertiary alicyclic amines) is 1. The number of fused-ring (bicyclic) bond motifs is 1. The van der Waals surface area contributed by atoms with Crippen LogP contribution in [-0.4, -0.2) is 27.5 Å². The zero-order valence-corrected chi connectivity index (χ0v) is 17.6. The molecule has 0 bridgehead atoms. The standard InChI is InChI=1S/C25H27N3O3/c29-25(28-13-4-3-9-24(28)20-8-5-12-26-16-20)23-15-22(31-27-23)17-30-21-11-10-18-6-1-2-7-19(18)14-21/h5,8,10-12,14-16,24H,1-4,6-7,9,13,17H2/t24-/m0/s1. The first-order valence-corrected chi connectivity index (χ1v) is 11.2. The van der Waals surface area contributed by atoms with Crippen molar-refractivity contribution in [2.75, 3.05) is 6.54 Å². The molecule has 5 rings (SSSR count). The van der Waals surface area contributed by atoms with Gasteiger partial charge in [0.25, 0.3) is 5.91 Å². The largest absolute Gasteiger partial charge is 0.486 e. The SMILES string of the molecule is O=C(c1cc(COc2ccc3c(c2)CCCC3)on1)N1CCCC[C@H]1c1cccnc1. The van der Waals surface area contributed by atoms with E-state index in [-0.39, 0.29) is 18.6 Å². The number of piperidine rings is 1. The van der Waals surface area contributed by atoms with Crippen molar-refractivity contribution >= 4 is 5.91 Å². The molecule has 0 saturated carbocycles. The quantitative estimate of drug-likeness (QED) is 0.591. The van der Waals surface area contributed by atoms with Gasteiger partial charge < -0.3 is 14.2 Å². The van der Waals surface area contributed by atoms with Gasteiger partial charge in [0.1, 0.15) is 12.4 Å². The summed E-state index contributed by atoms with van der Waals surface area (Å²) in [6.07, 6.45) is 11.4. The summed E-state index contributed by atoms with van der Waals surface area (Å²) >= 11 is 0. The number of aromatic nitrogens is 2. The van der Waals surface area contributed by atoms with E-state index in [1.165, 1.54) is 24.0 Å². The highest BCUT2D eigenvalue weighted by Crippen LogP contribution is 2.32. The smallest absolute Gasteiger partial charge is 0.276 e. The molecular weight excluding hydrogens is 390 g/mol. The minimum absolute atomic E-state index is 0.0295. The summed E-state index contributed by atoms with van der Waals surface area (Å²) in [6, 6.07) is 12.0. The number of aryl methyl sites for hydroxylation is 2. The number of carbonyl (C=O) groups excluding carboxylic acids is 1. The molecule has 0 N–H and O–H groups in total. The van der Waals surface area contributed by atoms with Crippen LogP contribution in [0.1, 0.15) is 71.1 Å². The molecule has 1 saturated heterocycles. The number of nitrogens with zero attached hydrogens (tertiary/aromatic N) is 3. The first-order valence-electron chi connectivity index (χ1n) is 11.2. The Morgan fingerprint density at radius 3 is 2.87 bits per heavy atom. The van der Waals surface area contributed by atoms with Gasteiger partial charge in [-0.3, -0.25) is 9.78 Å². The lowest BCUT2D eigenvalue weighted by molar-refractivity contribution is 0.0600. The number of benzene rings is 1. The molecule has 1 fully saturated rings. The van der Waals surface area contributed by atoms with Gasteiger partial charge in [0.15, 0.2) is 11.5 Å². The van der Waals surface area contributed by atoms with E-state index >= 15 is 0 Å². The topological polar surface area (TPSA) is 68.5 Å². The fourth-order valence-electron chi connectivity index (χ4n) is 4.68. The molecule has 1 amide bonds. The molecule has 0 spiro atoms. The van der Waals surface area contributed by atoms with E-state index in [2.05, 4.69) is 22.3 Å². The van der Waals surface area contributed by atoms with Gasteiger partial charge in [-0.15, -0.1) is 0 Å². The maximum atomic E-state index is 13.2. The number of hydrogen-bond donors (Lipinski definition) is 0. The van der Waals surface area contributed by atoms with Gasteiger partial charge in [-0.2, -0.15) is 0 Å². The third-order valence-corrected chi connectivity index (χ3v) is 6.31. The molecule has 6 nitrogen and oxygen atoms in total. The number of ether oxygens (including phenoxy) is 1. The number of rotatable bonds is 5. The molecular formula is C25H27N3O3. The number of hydrogen-bond acceptors (Lipinski definition) is 5. The van der Waals surface area contributed by atoms with Crippen molar-refractivity contribution in [3.05, 3.63) is 76.9 Å². The molecule has 1 aromatic carbocycles. The molecule has 0 unspecified atom stereocenters. The van der Waals surface area contributed by atoms with E-state index in [1.54, 1.807) is 12.3 Å². The van der Waals surface area contributed by atoms with Crippen molar-refractivity contribution < 1.29 is 14.1 Å². The van der Waals surface area contributed by atoms with Gasteiger partial charge in [-0.1, -0.05) is 17.3 Å². The number of pyridine rings is 1. The van der Waals surface area contributed by atoms with Crippen molar-refractivity contribution in [2.45, 2.75) is 57.6 Å². The summed E-state index contributed by atoms with van der Waals surface area (Å²) in [5.74, 6) is 1.28. The summed E-state index contributed by atoms with van der Waals surface area (Å²) < 4.78 is 11.3. The molecule has 6 heteroatoms. The van der Waals surface area contributed by atoms with E-state index in [0.29, 0.717) is 18.0 Å². The van der Waals surface area contributed by atoms with E-state index in [4.69, 9.17) is 9.26 Å². The highest BCUT2D eigenvalue weighted by molar-refractivity contribution is 5.92. The second-order valence-electron chi connectivity index (χ2n) is 8.40. The Labute approximate surface area is 182 Å². The highest BCUT2D eigenvalue weighted by atomic mass is 16.5. The molecule has 1 aliphatic carbocycles. The normalized spacial score (nSPS) is 18.5. The van der Waals surface area contributed by atoms with Crippen LogP contribution in [0.15, 0.2) is 53.3 Å². The lowest BCUT2D eigenvalue weighted by Gasteiger charge is -2.35. The molecule has 3 aromatic rings. The first-order chi connectivity index (χ1) is 15.3. The van der Waals surface area contributed by atoms with E-state index in [9.17, 15) is 4.79 Å². The summed E-state index contributed by atoms with van der Waals surface area (Å²) in [4.78, 5) is 19.3. The molecule has 2 aliphatic rings. The van der Waals surface area contributed by atoms with Crippen molar-refractivity contribution in [2.24, 2.45) is 0 Å². The second-order valence-corrected chi connectivity index (χ2v) is 8.40. The van der Waals surface area contributed by atoms with Gasteiger partial charge >= 0.3 is 0 Å². The predicted octanol–water partition coefficient (Wildman–Crippen LogP) is 4.89. The zero-order chi connectivity index (χ0) is 21.0. The first kappa shape index (κ1) is 19.8. The molecule has 3 heterocycles. The van der Waals surface area contributed by atoms with Gasteiger partial charge in [-0.25, -0.2) is 0 Å². The Balaban J connectivity index is 1.26. The molecule has 1 aliphatic heterocycles. The Kier molecular flexibility index (Phi) is 5.69. The van der Waals surface area contributed by atoms with Gasteiger partial charge in [0.05, 0.1) is 6.04 Å². The average Bonchev–Trinajstić information content (AvgIpc) is 3.32. The third-order valence-electron chi connectivity index (χ3n) is 6.31. The van der Waals surface area contributed by atoms with Crippen LogP contribution >= 0.6 is 0 Å². The average molecular weight is 418 g/mol. The number of amides is 1. The second kappa shape index (κ2) is 8.92. The number of carbonyl (C=O) groups is 1. The molecule has 2 aromatic heterocycles. The van der Waals surface area contributed by atoms with Crippen LogP contribution in [0.25, 0.3) is 0 Å². The Morgan fingerprint density at radius 1 is 1.10 bits per heavy atom. The summed E-state index contributed by atoms with van der Waals surface area (Å²) in [5.41, 5.74) is 4.20. The third kappa shape index (κ3) is 4.33. The maximum absolute atomic E-state index is 13.2. The van der Waals surface area contributed by atoms with Crippen LogP contribution in [-0.2, 0) is 19.4 Å². The minimum atomic E-state index is -0.0997. The molecule has 0 radical (unpaired) electrons. The predicted molar refractivity (Wildman–Crippen MR) is 116 cm³/mol. The summed E-state index contributed by atoms with van der Waals surface area (Å²) in [6.45, 7) is 0.970. The van der Waals surface area contributed by atoms with Gasteiger partial charge in [0.2, 0.25) is 0 Å². The zero-order valence-electron chi connectivity index (χ0n) is 17.6. The minimum Gasteiger partial charge on any atom is -0.486 e. The van der Waals surface area contributed by atoms with Crippen molar-refractivity contribution in [1.29, 1.82) is 0 Å². The van der Waals surface area contributed by atoms with Crippen LogP contribution in [0.4, 0.5) is 0 Å². The van der Waals surface area contributed by atoms with E-state index in [1.807, 2.05) is 29.3 Å². The Morgan fingerprint density at radius 2 is 2.00 bits per heavy atom. The fraction of sp³-hybridized carbons (Fsp3) is 0.400. The lowest BCUT2D eigenvalue weighted by Crippen LogP contribution is -2.38. The van der Waals surface area contributed by atoms with Crippen LogP contribution in [0.2, 0.25) is 0 Å². The van der Waals surface area contributed by atoms with Crippen LogP contribution < -0.4 is 4.74 Å². The Hall–Kier alpha value is -3.15. The van der Waals surface area contributed by atoms with Crippen molar-refractivity contribution in [1.82, 2.24) is 15.0 Å². The van der Waals surface area contributed by atoms with E-state index < -0.39 is 0 Å². The van der Waals surface area contributed by atoms with E-state index in [0.717, 1.165) is 43.4 Å². The fourth-order valence-corrected chi connectivity index (χ4v) is 4.68. The monoisotopic (exact) mass is 417 g/mol. The Bertz CT molecular complexity index is 1050. The molecule has 31 heavy (non-hydrogen) atoms. The summed E-state index contributed by atoms with van der Waals surface area (Å²) in [7, 11) is 0. The van der Waals surface area contributed by atoms with Crippen molar-refractivity contribution in [3.63, 3.8) is 0 Å². The molecule has 1 atom stereocenters. The lowest BCUT2D eigenvalue weighted by atomic mass is 9.92. The van der Waals surface area contributed by atoms with Crippen molar-refractivity contribution in [3.8, 4) is 5.75 Å². The highest BCUT2D eigenvalue weighted by Gasteiger charge is 2.30. The van der Waals surface area contributed by atoms with Gasteiger partial charge in [0, 0.05) is 25.0 Å². The van der Waals surface area contributed by atoms with Crippen LogP contribution in [0.5, 0.6) is 5.75 Å². The van der Waals surface area contributed by atoms with Crippen LogP contribution in [0, 0.1) is 0 Å². The van der Waals surface area contributed by atoms with Gasteiger partial charge in [-0.05, 0) is 79.8 Å². The molecule has 160 valence electrons. The maximum Gasteiger partial charge on any atom is 0.276 e. The van der Waals surface area contributed by atoms with Crippen LogP contribution in [0.3, 0.4) is 0 Å². The summed E-state index contributed by atoms with van der Waals surface area (Å²) in [5, 5.41) is 4.04.